The molecule has 0 aliphatic heterocycles. The number of nitrogens with zero attached hydrogens (tertiary/aromatic N) is 1. The van der Waals surface area contributed by atoms with Gasteiger partial charge in [0.05, 0.1) is 10.4 Å². The highest BCUT2D eigenvalue weighted by atomic mass is 32.2. The molecular formula is C9H15NS3. The van der Waals surface area contributed by atoms with E-state index in [0.29, 0.717) is 10.5 Å². The lowest BCUT2D eigenvalue weighted by Crippen LogP contribution is -1.83. The van der Waals surface area contributed by atoms with E-state index in [0.717, 1.165) is 0 Å². The molecule has 0 aliphatic rings. The van der Waals surface area contributed by atoms with Gasteiger partial charge < -0.3 is 0 Å². The van der Waals surface area contributed by atoms with Gasteiger partial charge in [0, 0.05) is 10.5 Å². The Morgan fingerprint density at radius 1 is 1.15 bits per heavy atom. The zero-order chi connectivity index (χ0) is 9.84. The minimum absolute atomic E-state index is 0.628. The molecule has 0 spiro atoms. The summed E-state index contributed by atoms with van der Waals surface area (Å²) in [6, 6.07) is 0. The van der Waals surface area contributed by atoms with Crippen molar-refractivity contribution in [3.8, 4) is 0 Å². The van der Waals surface area contributed by atoms with Gasteiger partial charge in [-0.05, 0) is 0 Å². The van der Waals surface area contributed by atoms with E-state index in [2.05, 4.69) is 32.7 Å². The first kappa shape index (κ1) is 11.4. The van der Waals surface area contributed by atoms with E-state index >= 15 is 0 Å². The summed E-state index contributed by atoms with van der Waals surface area (Å²) in [6.45, 7) is 8.81. The average molecular weight is 233 g/mol. The van der Waals surface area contributed by atoms with Crippen molar-refractivity contribution in [1.29, 1.82) is 0 Å². The molecule has 0 amide bonds. The van der Waals surface area contributed by atoms with Gasteiger partial charge in [-0.25, -0.2) is 4.98 Å². The van der Waals surface area contributed by atoms with Crippen LogP contribution >= 0.6 is 34.9 Å². The van der Waals surface area contributed by atoms with Crippen LogP contribution in [0, 0.1) is 0 Å². The fraction of sp³-hybridized carbons (Fsp3) is 0.667. The maximum absolute atomic E-state index is 4.37. The van der Waals surface area contributed by atoms with Crippen molar-refractivity contribution in [3.63, 3.8) is 0 Å². The van der Waals surface area contributed by atoms with Crippen LogP contribution in [-0.4, -0.2) is 15.5 Å². The van der Waals surface area contributed by atoms with Gasteiger partial charge in [0.25, 0.3) is 0 Å². The molecule has 0 saturated heterocycles. The summed E-state index contributed by atoms with van der Waals surface area (Å²) in [5, 5.41) is 1.28. The highest BCUT2D eigenvalue weighted by molar-refractivity contribution is 8.03. The molecule has 4 heteroatoms. The van der Waals surface area contributed by atoms with E-state index in [1.807, 2.05) is 29.7 Å². The van der Waals surface area contributed by atoms with E-state index in [-0.39, 0.29) is 0 Å². The van der Waals surface area contributed by atoms with Crippen LogP contribution in [0.1, 0.15) is 27.7 Å². The van der Waals surface area contributed by atoms with Gasteiger partial charge in [-0.3, -0.25) is 0 Å². The molecule has 0 unspecified atom stereocenters. The zero-order valence-electron chi connectivity index (χ0n) is 8.40. The summed E-state index contributed by atoms with van der Waals surface area (Å²) < 4.78 is 2.52. The Hall–Kier alpha value is 0.330. The first-order chi connectivity index (χ1) is 6.08. The molecule has 1 nitrogen and oxygen atoms in total. The lowest BCUT2D eigenvalue weighted by molar-refractivity contribution is 1.10. The molecule has 0 atom stereocenters. The Morgan fingerprint density at radius 3 is 2.31 bits per heavy atom. The van der Waals surface area contributed by atoms with Crippen LogP contribution in [0.25, 0.3) is 0 Å². The van der Waals surface area contributed by atoms with E-state index < -0.39 is 0 Å². The predicted octanol–water partition coefficient (Wildman–Crippen LogP) is 4.14. The third-order valence-electron chi connectivity index (χ3n) is 1.15. The predicted molar refractivity (Wildman–Crippen MR) is 64.1 cm³/mol. The van der Waals surface area contributed by atoms with Gasteiger partial charge >= 0.3 is 0 Å². The molecule has 74 valence electrons. The maximum Gasteiger partial charge on any atom is 0.151 e. The van der Waals surface area contributed by atoms with Crippen molar-refractivity contribution in [3.05, 3.63) is 6.20 Å². The standard InChI is InChI=1S/C9H15NS3/c1-6(2)11-8-5-10-9(13-8)12-7(3)4/h5-7H,1-4H3. The molecule has 0 radical (unpaired) electrons. The van der Waals surface area contributed by atoms with Crippen LogP contribution in [0.5, 0.6) is 0 Å². The van der Waals surface area contributed by atoms with Gasteiger partial charge in [0.2, 0.25) is 0 Å². The molecule has 0 N–H and O–H groups in total. The summed E-state index contributed by atoms with van der Waals surface area (Å²) >= 11 is 5.53. The third-order valence-corrected chi connectivity index (χ3v) is 4.40. The second kappa shape index (κ2) is 5.27. The topological polar surface area (TPSA) is 12.9 Å². The van der Waals surface area contributed by atoms with E-state index in [9.17, 15) is 0 Å². The zero-order valence-corrected chi connectivity index (χ0v) is 10.9. The first-order valence-electron chi connectivity index (χ1n) is 4.37. The average Bonchev–Trinajstić information content (AvgIpc) is 2.33. The fourth-order valence-electron chi connectivity index (χ4n) is 0.787. The normalized spacial score (nSPS) is 11.5. The van der Waals surface area contributed by atoms with Crippen LogP contribution in [0.4, 0.5) is 0 Å². The summed E-state index contributed by atoms with van der Waals surface area (Å²) in [5.74, 6) is 0. The molecule has 0 fully saturated rings. The minimum Gasteiger partial charge on any atom is -0.237 e. The summed E-state index contributed by atoms with van der Waals surface area (Å²) in [7, 11) is 0. The number of hydrogen-bond donors (Lipinski definition) is 0. The molecule has 0 aromatic carbocycles. The van der Waals surface area contributed by atoms with Crippen molar-refractivity contribution >= 4 is 34.9 Å². The van der Waals surface area contributed by atoms with Crippen molar-refractivity contribution in [2.24, 2.45) is 0 Å². The van der Waals surface area contributed by atoms with Gasteiger partial charge in [-0.15, -0.1) is 23.1 Å². The quantitative estimate of drug-likeness (QED) is 0.725. The van der Waals surface area contributed by atoms with Crippen molar-refractivity contribution in [2.45, 2.75) is 46.7 Å². The SMILES string of the molecule is CC(C)Sc1cnc(SC(C)C)s1. The van der Waals surface area contributed by atoms with E-state index in [1.54, 1.807) is 11.3 Å². The first-order valence-corrected chi connectivity index (χ1v) is 6.94. The lowest BCUT2D eigenvalue weighted by atomic mass is 10.6. The molecule has 1 aromatic rings. The Bertz CT molecular complexity index is 231. The second-order valence-electron chi connectivity index (χ2n) is 3.28. The fourth-order valence-corrected chi connectivity index (χ4v) is 4.47. The largest absolute Gasteiger partial charge is 0.237 e. The van der Waals surface area contributed by atoms with Gasteiger partial charge in [0.15, 0.2) is 4.34 Å². The molecule has 1 heterocycles. The highest BCUT2D eigenvalue weighted by Crippen LogP contribution is 2.34. The second-order valence-corrected chi connectivity index (χ2v) is 8.01. The van der Waals surface area contributed by atoms with Crippen LogP contribution in [0.3, 0.4) is 0 Å². The van der Waals surface area contributed by atoms with Crippen molar-refractivity contribution in [2.75, 3.05) is 0 Å². The Kier molecular flexibility index (Phi) is 4.62. The van der Waals surface area contributed by atoms with Crippen LogP contribution < -0.4 is 0 Å². The molecule has 1 aromatic heterocycles. The molecule has 1 rings (SSSR count). The minimum atomic E-state index is 0.628. The van der Waals surface area contributed by atoms with Crippen molar-refractivity contribution in [1.82, 2.24) is 4.98 Å². The van der Waals surface area contributed by atoms with E-state index in [1.165, 1.54) is 8.55 Å². The summed E-state index contributed by atoms with van der Waals surface area (Å²) in [4.78, 5) is 4.37. The van der Waals surface area contributed by atoms with Crippen LogP contribution in [0.15, 0.2) is 14.7 Å². The number of hydrogen-bond acceptors (Lipinski definition) is 4. The Labute approximate surface area is 92.7 Å². The molecule has 13 heavy (non-hydrogen) atoms. The molecule has 0 aliphatic carbocycles. The third kappa shape index (κ3) is 4.38. The maximum atomic E-state index is 4.37. The smallest absolute Gasteiger partial charge is 0.151 e. The van der Waals surface area contributed by atoms with Crippen molar-refractivity contribution < 1.29 is 0 Å². The number of thiazole rings is 1. The number of rotatable bonds is 4. The molecule has 0 bridgehead atoms. The van der Waals surface area contributed by atoms with Gasteiger partial charge in [-0.2, -0.15) is 0 Å². The van der Waals surface area contributed by atoms with Crippen LogP contribution in [-0.2, 0) is 0 Å². The summed E-state index contributed by atoms with van der Waals surface area (Å²) in [5.41, 5.74) is 0. The summed E-state index contributed by atoms with van der Waals surface area (Å²) in [6.07, 6.45) is 1.99. The Balaban J connectivity index is 2.53. The highest BCUT2D eigenvalue weighted by Gasteiger charge is 2.06. The number of thioether (sulfide) groups is 2. The monoisotopic (exact) mass is 233 g/mol. The lowest BCUT2D eigenvalue weighted by Gasteiger charge is -1.99. The van der Waals surface area contributed by atoms with Gasteiger partial charge in [-0.1, -0.05) is 39.5 Å². The van der Waals surface area contributed by atoms with E-state index in [4.69, 9.17) is 0 Å². The number of aromatic nitrogens is 1. The van der Waals surface area contributed by atoms with Crippen LogP contribution in [0.2, 0.25) is 0 Å². The Morgan fingerprint density at radius 2 is 1.77 bits per heavy atom. The van der Waals surface area contributed by atoms with Gasteiger partial charge in [0.1, 0.15) is 0 Å². The molecule has 0 saturated carbocycles. The molecular weight excluding hydrogens is 218 g/mol.